The van der Waals surface area contributed by atoms with Crippen molar-refractivity contribution in [3.05, 3.63) is 473 Å². The van der Waals surface area contributed by atoms with E-state index >= 15 is 0 Å². The van der Waals surface area contributed by atoms with Crippen molar-refractivity contribution in [2.75, 3.05) is 19.6 Å². The Hall–Kier alpha value is -16.3. The average molecular weight is 1720 g/mol. The second-order valence-corrected chi connectivity index (χ2v) is 35.9. The molecular weight excluding hydrogens is 1640 g/mol. The van der Waals surface area contributed by atoms with Crippen molar-refractivity contribution in [3.8, 4) is 96.0 Å². The van der Waals surface area contributed by atoms with Crippen molar-refractivity contribution in [2.45, 2.75) is 0 Å². The molecule has 0 bridgehead atoms. The highest BCUT2D eigenvalue weighted by molar-refractivity contribution is 7.19. The highest BCUT2D eigenvalue weighted by atomic mass is 32.1. The largest absolute Gasteiger partial charge is 0.455 e. The first-order chi connectivity index (χ1) is 64.4. The molecule has 18 aromatic carbocycles. The monoisotopic (exact) mass is 1720 g/mol. The van der Waals surface area contributed by atoms with Gasteiger partial charge in [0.05, 0.1) is 0 Å². The van der Waals surface area contributed by atoms with Gasteiger partial charge in [0, 0.05) is 147 Å². The third-order valence-corrected chi connectivity index (χ3v) is 28.4. The molecule has 0 unspecified atom stereocenters. The minimum absolute atomic E-state index is 0.875. The number of para-hydroxylation sites is 6. The number of furan rings is 3. The van der Waals surface area contributed by atoms with E-state index < -0.39 is 0 Å². The Morgan fingerprint density at radius 2 is 0.300 bits per heavy atom. The summed E-state index contributed by atoms with van der Waals surface area (Å²) in [4.78, 5) is 16.8. The van der Waals surface area contributed by atoms with Gasteiger partial charge in [-0.25, -0.2) is 0 Å². The van der Waals surface area contributed by atoms with Crippen molar-refractivity contribution in [2.24, 2.45) is 0 Å². The quantitative estimate of drug-likeness (QED) is 0.0710. The molecule has 0 saturated heterocycles. The predicted octanol–water partition coefficient (Wildman–Crippen LogP) is 36.5. The summed E-state index contributed by atoms with van der Waals surface area (Å²) in [5, 5.41) is 6.61. The molecule has 0 N–H and O–H groups in total. The lowest BCUT2D eigenvalue weighted by molar-refractivity contribution is 0.669. The van der Waals surface area contributed by atoms with E-state index in [-0.39, 0.29) is 0 Å². The summed E-state index contributed by atoms with van der Waals surface area (Å²) in [6.45, 7) is 0. The minimum Gasteiger partial charge on any atom is -0.455 e. The van der Waals surface area contributed by atoms with Crippen LogP contribution in [-0.2, 0) is 0 Å². The zero-order valence-corrected chi connectivity index (χ0v) is 72.7. The number of benzene rings is 18. The molecular formula is C120H78N4O3S3. The Labute approximate surface area is 764 Å². The van der Waals surface area contributed by atoms with Crippen molar-refractivity contribution in [1.82, 2.24) is 0 Å². The topological polar surface area (TPSA) is 52.4 Å². The maximum atomic E-state index is 6.63. The van der Waals surface area contributed by atoms with Crippen molar-refractivity contribution >= 4 is 168 Å². The zero-order valence-electron chi connectivity index (χ0n) is 70.3. The van der Waals surface area contributed by atoms with Crippen LogP contribution in [0.1, 0.15) is 0 Å². The second-order valence-electron chi connectivity index (χ2n) is 32.6. The summed E-state index contributed by atoms with van der Waals surface area (Å²) < 4.78 is 19.9. The molecule has 0 fully saturated rings. The fourth-order valence-corrected chi connectivity index (χ4v) is 21.5. The van der Waals surface area contributed by atoms with Gasteiger partial charge in [-0.15, -0.1) is 34.0 Å². The van der Waals surface area contributed by atoms with E-state index in [1.54, 1.807) is 0 Å². The third kappa shape index (κ3) is 14.4. The van der Waals surface area contributed by atoms with Crippen molar-refractivity contribution in [1.29, 1.82) is 0 Å². The van der Waals surface area contributed by atoms with Gasteiger partial charge in [-0.2, -0.15) is 0 Å². The van der Waals surface area contributed by atoms with Gasteiger partial charge < -0.3 is 32.9 Å². The van der Waals surface area contributed by atoms with Gasteiger partial charge in [-0.1, -0.05) is 273 Å². The van der Waals surface area contributed by atoms with Crippen LogP contribution in [0.15, 0.2) is 486 Å². The number of anilines is 12. The molecule has 0 amide bonds. The van der Waals surface area contributed by atoms with E-state index in [9.17, 15) is 0 Å². The van der Waals surface area contributed by atoms with Gasteiger partial charge in [-0.05, 0) is 250 Å². The number of fused-ring (bicyclic) bond motifs is 9. The molecule has 0 radical (unpaired) electrons. The molecule has 24 rings (SSSR count). The minimum atomic E-state index is 0.875. The Morgan fingerprint density at radius 1 is 0.131 bits per heavy atom. The average Bonchev–Trinajstić information content (AvgIpc) is 1.58. The summed E-state index contributed by atoms with van der Waals surface area (Å²) in [5.74, 6) is 0. The molecule has 7 nitrogen and oxygen atoms in total. The van der Waals surface area contributed by atoms with Crippen LogP contribution < -0.4 is 19.6 Å². The number of rotatable bonds is 21. The maximum Gasteiger partial charge on any atom is 0.143 e. The lowest BCUT2D eigenvalue weighted by Gasteiger charge is -2.30. The number of hydrogen-bond acceptors (Lipinski definition) is 10. The van der Waals surface area contributed by atoms with E-state index in [2.05, 4.69) is 456 Å². The first kappa shape index (κ1) is 77.2. The van der Waals surface area contributed by atoms with Crippen LogP contribution in [-0.4, -0.2) is 0 Å². The Morgan fingerprint density at radius 3 is 0.515 bits per heavy atom. The van der Waals surface area contributed by atoms with Gasteiger partial charge in [0.15, 0.2) is 0 Å². The molecule has 614 valence electrons. The fraction of sp³-hybridized carbons (Fsp3) is 0. The molecule has 0 aliphatic carbocycles. The Bertz CT molecular complexity index is 7450. The normalized spacial score (nSPS) is 11.5. The first-order valence-electron chi connectivity index (χ1n) is 43.7. The van der Waals surface area contributed by atoms with Crippen molar-refractivity contribution in [3.63, 3.8) is 0 Å². The fourth-order valence-electron chi connectivity index (χ4n) is 18.4. The van der Waals surface area contributed by atoms with Crippen LogP contribution in [0.3, 0.4) is 0 Å². The second kappa shape index (κ2) is 33.2. The molecule has 0 aliphatic rings. The summed E-state index contributed by atoms with van der Waals surface area (Å²) >= 11 is 5.44. The van der Waals surface area contributed by atoms with Crippen LogP contribution in [0.2, 0.25) is 0 Å². The number of thiophene rings is 3. The standard InChI is InChI=1S/C120H78N4O3S3/c1-4-19-82(20-5-1)112-73-76-115(128-112)85-43-55-91(56-44-85)121(88-49-37-79(38-50-88)100-28-16-31-106-103-25-10-13-34-109(103)125-118(100)106)94-61-67-97(68-62-94)124(98-69-63-95(64-70-98)122(92-57-45-86(46-58-92)116-77-74-113(129-116)83-21-6-2-7-22-83)89-51-39-80(40-52-89)101-29-17-32-107-104-26-11-14-35-110(104)126-119(101)107)99-71-65-96(66-72-99)123(93-59-47-87(48-60-93)117-78-75-114(130-117)84-23-8-3-9-24-84)90-53-41-81(42-54-90)102-30-18-33-108-105-27-12-15-36-111(105)127-120(102)108/h1-78H. The smallest absolute Gasteiger partial charge is 0.143 e. The van der Waals surface area contributed by atoms with E-state index in [4.69, 9.17) is 13.3 Å². The molecule has 10 heteroatoms. The molecule has 0 saturated carbocycles. The summed E-state index contributed by atoms with van der Waals surface area (Å²) in [6.07, 6.45) is 0. The highest BCUT2D eigenvalue weighted by Gasteiger charge is 2.25. The van der Waals surface area contributed by atoms with Gasteiger partial charge >= 0.3 is 0 Å². The van der Waals surface area contributed by atoms with E-state index in [0.29, 0.717) is 0 Å². The lowest BCUT2D eigenvalue weighted by atomic mass is 10.0. The number of hydrogen-bond donors (Lipinski definition) is 0. The molecule has 130 heavy (non-hydrogen) atoms. The molecule has 0 spiro atoms. The van der Waals surface area contributed by atoms with Gasteiger partial charge in [0.25, 0.3) is 0 Å². The van der Waals surface area contributed by atoms with E-state index in [1.165, 1.54) is 46.0 Å². The van der Waals surface area contributed by atoms with Crippen LogP contribution in [0, 0.1) is 0 Å². The number of nitrogens with zero attached hydrogens (tertiary/aromatic N) is 4. The molecule has 24 aromatic rings. The molecule has 0 atom stereocenters. The molecule has 6 heterocycles. The highest BCUT2D eigenvalue weighted by Crippen LogP contribution is 2.49. The Balaban J connectivity index is 0.627. The predicted molar refractivity (Wildman–Crippen MR) is 550 cm³/mol. The first-order valence-corrected chi connectivity index (χ1v) is 46.2. The van der Waals surface area contributed by atoms with Gasteiger partial charge in [0.2, 0.25) is 0 Å². The maximum absolute atomic E-state index is 6.63. The molecule has 0 aliphatic heterocycles. The van der Waals surface area contributed by atoms with Crippen LogP contribution >= 0.6 is 34.0 Å². The van der Waals surface area contributed by atoms with Gasteiger partial charge in [-0.3, -0.25) is 0 Å². The van der Waals surface area contributed by atoms with Crippen LogP contribution in [0.25, 0.3) is 162 Å². The third-order valence-electron chi connectivity index (χ3n) is 24.8. The van der Waals surface area contributed by atoms with Crippen LogP contribution in [0.5, 0.6) is 0 Å². The zero-order chi connectivity index (χ0) is 86.0. The van der Waals surface area contributed by atoms with Crippen LogP contribution in [0.4, 0.5) is 68.2 Å². The van der Waals surface area contributed by atoms with Gasteiger partial charge in [0.1, 0.15) is 33.5 Å². The summed E-state index contributed by atoms with van der Waals surface area (Å²) in [6, 6.07) is 171. The lowest BCUT2D eigenvalue weighted by Crippen LogP contribution is -2.14. The Kier molecular flexibility index (Phi) is 19.7. The van der Waals surface area contributed by atoms with E-state index in [1.807, 2.05) is 70.4 Å². The van der Waals surface area contributed by atoms with Crippen molar-refractivity contribution < 1.29 is 13.3 Å². The summed E-state index contributed by atoms with van der Waals surface area (Å²) in [5.41, 5.74) is 30.7. The SMILES string of the molecule is c1ccc(-c2ccc(-c3ccc(N(c4ccc(-c5cccc6c5oc5ccccc56)cc4)c4ccc(N(c5ccc(N(c6ccc(-c7ccc(-c8ccccc8)s7)cc6)c6ccc(-c7cccc8c7oc7ccccc78)cc6)cc5)c5ccc(N(c6ccc(-c7ccc(-c8ccccc8)s7)cc6)c6ccc(-c7cccc8c7oc7ccccc78)cc6)cc5)cc4)cc3)s2)cc1. The molecule has 6 aromatic heterocycles. The summed E-state index contributed by atoms with van der Waals surface area (Å²) in [7, 11) is 0. The van der Waals surface area contributed by atoms with E-state index in [0.717, 1.165) is 184 Å².